The van der Waals surface area contributed by atoms with Gasteiger partial charge in [0.25, 0.3) is 0 Å². The van der Waals surface area contributed by atoms with Crippen LogP contribution in [0.1, 0.15) is 13.3 Å². The first-order valence-corrected chi connectivity index (χ1v) is 12.6. The number of fused-ring (bicyclic) bond motifs is 1. The van der Waals surface area contributed by atoms with Crippen LogP contribution in [-0.2, 0) is 10.0 Å². The smallest absolute Gasteiger partial charge is 0.241 e. The van der Waals surface area contributed by atoms with Crippen LogP contribution in [0.2, 0.25) is 0 Å². The number of hydrogen-bond donors (Lipinski definition) is 1. The molecule has 154 valence electrons. The van der Waals surface area contributed by atoms with E-state index in [1.807, 2.05) is 19.1 Å². The predicted molar refractivity (Wildman–Crippen MR) is 122 cm³/mol. The van der Waals surface area contributed by atoms with Gasteiger partial charge in [0, 0.05) is 36.0 Å². The maximum Gasteiger partial charge on any atom is 0.241 e. The van der Waals surface area contributed by atoms with E-state index in [0.717, 1.165) is 36.5 Å². The normalized spacial score (nSPS) is 17.0. The van der Waals surface area contributed by atoms with Crippen LogP contribution in [0.4, 0.5) is 5.82 Å². The first-order chi connectivity index (χ1) is 14.0. The van der Waals surface area contributed by atoms with Crippen LogP contribution in [0.25, 0.3) is 10.1 Å². The second-order valence-corrected chi connectivity index (χ2v) is 10.5. The Bertz CT molecular complexity index is 1080. The average molecular weight is 495 g/mol. The number of piperazine rings is 1. The summed E-state index contributed by atoms with van der Waals surface area (Å²) in [5, 5.41) is 1.19. The number of nitrogens with zero attached hydrogens (tertiary/aromatic N) is 3. The van der Waals surface area contributed by atoms with E-state index in [1.54, 1.807) is 24.3 Å². The van der Waals surface area contributed by atoms with E-state index in [2.05, 4.69) is 47.0 Å². The van der Waals surface area contributed by atoms with Crippen LogP contribution < -0.4 is 9.62 Å². The fourth-order valence-corrected chi connectivity index (χ4v) is 5.99. The third-order valence-electron chi connectivity index (χ3n) is 5.21. The number of rotatable bonds is 6. The lowest BCUT2D eigenvalue weighted by Crippen LogP contribution is -2.55. The Morgan fingerprint density at radius 3 is 2.48 bits per heavy atom. The van der Waals surface area contributed by atoms with Gasteiger partial charge < -0.3 is 4.90 Å². The minimum absolute atomic E-state index is 0.224. The maximum absolute atomic E-state index is 12.8. The standard InChI is InChI=1S/C20H23BrN4O2S2/c1-2-19(23-29(26,27)16-9-7-15(21)8-10-16)24-11-13-25(14-12-24)20-17-5-3-4-6-18(17)28-22-20/h3-10,19,23H,2,11-14H2,1H3. The summed E-state index contributed by atoms with van der Waals surface area (Å²) in [6, 6.07) is 15.0. The molecule has 1 atom stereocenters. The summed E-state index contributed by atoms with van der Waals surface area (Å²) >= 11 is 4.87. The Morgan fingerprint density at radius 1 is 1.10 bits per heavy atom. The quantitative estimate of drug-likeness (QED) is 0.562. The summed E-state index contributed by atoms with van der Waals surface area (Å²) < 4.78 is 35.1. The zero-order valence-corrected chi connectivity index (χ0v) is 19.3. The average Bonchev–Trinajstić information content (AvgIpc) is 3.17. The van der Waals surface area contributed by atoms with E-state index < -0.39 is 10.0 Å². The van der Waals surface area contributed by atoms with Crippen molar-refractivity contribution in [2.24, 2.45) is 0 Å². The molecule has 3 aromatic rings. The minimum Gasteiger partial charge on any atom is -0.353 e. The molecule has 1 aliphatic heterocycles. The van der Waals surface area contributed by atoms with E-state index in [9.17, 15) is 8.42 Å². The van der Waals surface area contributed by atoms with E-state index in [-0.39, 0.29) is 11.1 Å². The lowest BCUT2D eigenvalue weighted by atomic mass is 10.2. The molecule has 2 aromatic carbocycles. The van der Waals surface area contributed by atoms with Crippen molar-refractivity contribution < 1.29 is 8.42 Å². The van der Waals surface area contributed by atoms with Gasteiger partial charge in [0.15, 0.2) is 0 Å². The van der Waals surface area contributed by atoms with Crippen LogP contribution in [0.3, 0.4) is 0 Å². The highest BCUT2D eigenvalue weighted by Crippen LogP contribution is 2.30. The van der Waals surface area contributed by atoms with Gasteiger partial charge in [0.05, 0.1) is 15.8 Å². The fourth-order valence-electron chi connectivity index (χ4n) is 3.62. The number of sulfonamides is 1. The molecule has 29 heavy (non-hydrogen) atoms. The molecule has 4 rings (SSSR count). The van der Waals surface area contributed by atoms with Crippen molar-refractivity contribution >= 4 is 53.4 Å². The van der Waals surface area contributed by atoms with E-state index in [1.165, 1.54) is 21.6 Å². The molecule has 0 amide bonds. The first-order valence-electron chi connectivity index (χ1n) is 9.59. The number of benzene rings is 2. The summed E-state index contributed by atoms with van der Waals surface area (Å²) in [6.45, 7) is 5.23. The molecule has 0 spiro atoms. The molecule has 1 aliphatic rings. The molecule has 0 bridgehead atoms. The van der Waals surface area contributed by atoms with Crippen molar-refractivity contribution in [2.75, 3.05) is 31.1 Å². The van der Waals surface area contributed by atoms with Crippen molar-refractivity contribution in [2.45, 2.75) is 24.4 Å². The molecule has 1 N–H and O–H groups in total. The number of anilines is 1. The Kier molecular flexibility index (Phi) is 6.21. The van der Waals surface area contributed by atoms with Gasteiger partial charge in [0.2, 0.25) is 10.0 Å². The molecule has 0 aliphatic carbocycles. The lowest BCUT2D eigenvalue weighted by molar-refractivity contribution is 0.170. The highest BCUT2D eigenvalue weighted by Gasteiger charge is 2.28. The van der Waals surface area contributed by atoms with Gasteiger partial charge in [-0.2, -0.15) is 9.10 Å². The molecular weight excluding hydrogens is 472 g/mol. The molecular formula is C20H23BrN4O2S2. The second-order valence-electron chi connectivity index (χ2n) is 7.02. The minimum atomic E-state index is -3.56. The zero-order chi connectivity index (χ0) is 20.4. The van der Waals surface area contributed by atoms with Crippen molar-refractivity contribution in [1.29, 1.82) is 0 Å². The second kappa shape index (κ2) is 8.69. The highest BCUT2D eigenvalue weighted by atomic mass is 79.9. The van der Waals surface area contributed by atoms with Crippen molar-refractivity contribution in [1.82, 2.24) is 14.0 Å². The molecule has 1 aromatic heterocycles. The van der Waals surface area contributed by atoms with Crippen LogP contribution in [-0.4, -0.2) is 50.0 Å². The van der Waals surface area contributed by atoms with Gasteiger partial charge in [-0.15, -0.1) is 0 Å². The molecule has 1 fully saturated rings. The highest BCUT2D eigenvalue weighted by molar-refractivity contribution is 9.10. The molecule has 2 heterocycles. The van der Waals surface area contributed by atoms with Crippen molar-refractivity contribution in [3.05, 3.63) is 53.0 Å². The van der Waals surface area contributed by atoms with Gasteiger partial charge in [-0.3, -0.25) is 4.90 Å². The Hall–Kier alpha value is -1.52. The van der Waals surface area contributed by atoms with E-state index >= 15 is 0 Å². The van der Waals surface area contributed by atoms with Gasteiger partial charge >= 0.3 is 0 Å². The van der Waals surface area contributed by atoms with Crippen molar-refractivity contribution in [3.63, 3.8) is 0 Å². The summed E-state index contributed by atoms with van der Waals surface area (Å²) in [5.41, 5.74) is 0. The van der Waals surface area contributed by atoms with Gasteiger partial charge in [0.1, 0.15) is 5.82 Å². The van der Waals surface area contributed by atoms with E-state index in [0.29, 0.717) is 6.42 Å². The zero-order valence-electron chi connectivity index (χ0n) is 16.1. The predicted octanol–water partition coefficient (Wildman–Crippen LogP) is 3.90. The molecule has 0 saturated carbocycles. The van der Waals surface area contributed by atoms with Gasteiger partial charge in [-0.25, -0.2) is 8.42 Å². The van der Waals surface area contributed by atoms with Crippen LogP contribution in [0, 0.1) is 0 Å². The molecule has 1 saturated heterocycles. The summed E-state index contributed by atoms with van der Waals surface area (Å²) in [7, 11) is -3.56. The molecule has 1 unspecified atom stereocenters. The summed E-state index contributed by atoms with van der Waals surface area (Å²) in [5.74, 6) is 1.04. The molecule has 9 heteroatoms. The third-order valence-corrected chi connectivity index (χ3v) is 8.04. The number of nitrogens with one attached hydrogen (secondary N) is 1. The largest absolute Gasteiger partial charge is 0.353 e. The van der Waals surface area contributed by atoms with Gasteiger partial charge in [-0.1, -0.05) is 35.0 Å². The SMILES string of the molecule is CCC(NS(=O)(=O)c1ccc(Br)cc1)N1CCN(c2nsc3ccccc23)CC1. The van der Waals surface area contributed by atoms with Crippen molar-refractivity contribution in [3.8, 4) is 0 Å². The Labute approximate surface area is 183 Å². The summed E-state index contributed by atoms with van der Waals surface area (Å²) in [4.78, 5) is 4.79. The van der Waals surface area contributed by atoms with Crippen LogP contribution in [0.5, 0.6) is 0 Å². The molecule has 6 nitrogen and oxygen atoms in total. The monoisotopic (exact) mass is 494 g/mol. The van der Waals surface area contributed by atoms with Gasteiger partial charge in [-0.05, 0) is 54.4 Å². The fraction of sp³-hybridized carbons (Fsp3) is 0.350. The molecule has 0 radical (unpaired) electrons. The lowest BCUT2D eigenvalue weighted by Gasteiger charge is -2.39. The summed E-state index contributed by atoms with van der Waals surface area (Å²) in [6.07, 6.45) is 0.480. The van der Waals surface area contributed by atoms with Crippen LogP contribution >= 0.6 is 27.5 Å². The first kappa shape index (κ1) is 20.7. The number of hydrogen-bond acceptors (Lipinski definition) is 6. The maximum atomic E-state index is 12.8. The number of halogens is 1. The topological polar surface area (TPSA) is 65.5 Å². The van der Waals surface area contributed by atoms with Crippen LogP contribution in [0.15, 0.2) is 57.9 Å². The van der Waals surface area contributed by atoms with E-state index in [4.69, 9.17) is 0 Å². The third kappa shape index (κ3) is 4.49. The number of aromatic nitrogens is 1. The Balaban J connectivity index is 1.43. The Morgan fingerprint density at radius 2 is 1.79 bits per heavy atom.